The van der Waals surface area contributed by atoms with Crippen molar-refractivity contribution >= 4 is 5.69 Å². The van der Waals surface area contributed by atoms with Crippen molar-refractivity contribution in [3.05, 3.63) is 130 Å². The van der Waals surface area contributed by atoms with Gasteiger partial charge in [0.25, 0.3) is 0 Å². The summed E-state index contributed by atoms with van der Waals surface area (Å²) < 4.78 is 0. The molecule has 0 fully saturated rings. The van der Waals surface area contributed by atoms with Crippen molar-refractivity contribution in [1.82, 2.24) is 0 Å². The quantitative estimate of drug-likeness (QED) is 0.248. The van der Waals surface area contributed by atoms with Gasteiger partial charge in [0.05, 0.1) is 0 Å². The van der Waals surface area contributed by atoms with E-state index in [0.717, 1.165) is 27.8 Å². The van der Waals surface area contributed by atoms with Crippen LogP contribution < -0.4 is 0 Å². The second kappa shape index (κ2) is 8.55. The number of hydrogen-bond donors (Lipinski definition) is 2. The molecule has 4 nitrogen and oxygen atoms in total. The number of phenolic OH excluding ortho intramolecular Hbond substituents is 2. The van der Waals surface area contributed by atoms with Crippen molar-refractivity contribution in [2.24, 2.45) is 5.18 Å². The van der Waals surface area contributed by atoms with Crippen molar-refractivity contribution in [3.63, 3.8) is 0 Å². The third-order valence-electron chi connectivity index (χ3n) is 6.77. The van der Waals surface area contributed by atoms with Crippen LogP contribution in [-0.4, -0.2) is 10.2 Å². The first kappa shape index (κ1) is 22.3. The summed E-state index contributed by atoms with van der Waals surface area (Å²) in [5.74, 6) is 0.470. The fraction of sp³-hybridized carbons (Fsp3) is 0.172. The average molecular weight is 438 g/mol. The predicted octanol–water partition coefficient (Wildman–Crippen LogP) is 7.18. The maximum atomic E-state index is 10.9. The maximum Gasteiger partial charge on any atom is 0.115 e. The first-order chi connectivity index (χ1) is 15.7. The van der Waals surface area contributed by atoms with E-state index in [0.29, 0.717) is 5.69 Å². The summed E-state index contributed by atoms with van der Waals surface area (Å²) in [7, 11) is 0. The van der Waals surface area contributed by atoms with E-state index in [2.05, 4.69) is 50.2 Å². The van der Waals surface area contributed by atoms with E-state index in [1.807, 2.05) is 36.4 Å². The molecule has 4 aromatic carbocycles. The molecule has 2 N–H and O–H groups in total. The molecule has 166 valence electrons. The molecule has 4 heteroatoms. The second-order valence-electron chi connectivity index (χ2n) is 9.06. The molecule has 0 aliphatic heterocycles. The van der Waals surface area contributed by atoms with Gasteiger partial charge in [-0.05, 0) is 76.3 Å². The van der Waals surface area contributed by atoms with E-state index in [-0.39, 0.29) is 16.9 Å². The number of nitrogens with zero attached hydrogens (tertiary/aromatic N) is 1. The summed E-state index contributed by atoms with van der Waals surface area (Å²) in [5.41, 5.74) is 5.05. The van der Waals surface area contributed by atoms with Crippen LogP contribution in [0.4, 0.5) is 5.69 Å². The lowest BCUT2D eigenvalue weighted by molar-refractivity contribution is 0.474. The van der Waals surface area contributed by atoms with Gasteiger partial charge in [-0.15, -0.1) is 4.91 Å². The highest BCUT2D eigenvalue weighted by Crippen LogP contribution is 2.41. The van der Waals surface area contributed by atoms with Crippen LogP contribution in [0.1, 0.15) is 48.6 Å². The minimum atomic E-state index is -0.504. The average Bonchev–Trinajstić information content (AvgIpc) is 2.84. The van der Waals surface area contributed by atoms with E-state index < -0.39 is 5.41 Å². The monoisotopic (exact) mass is 437 g/mol. The highest BCUT2D eigenvalue weighted by molar-refractivity contribution is 5.53. The Morgan fingerprint density at radius 1 is 0.515 bits per heavy atom. The maximum absolute atomic E-state index is 10.9. The van der Waals surface area contributed by atoms with Gasteiger partial charge >= 0.3 is 0 Å². The van der Waals surface area contributed by atoms with Crippen LogP contribution in [0.25, 0.3) is 0 Å². The SMILES string of the molecule is CC(C)(c1ccc(O)cc1)c1ccc(C(C)(c2ccc(O)cc2)c2ccc(N=O)cc2)cc1. The molecular weight excluding hydrogens is 410 g/mol. The van der Waals surface area contributed by atoms with Crippen LogP contribution >= 0.6 is 0 Å². The minimum Gasteiger partial charge on any atom is -0.508 e. The molecule has 4 rings (SSSR count). The Kier molecular flexibility index (Phi) is 5.77. The highest BCUT2D eigenvalue weighted by Gasteiger charge is 2.32. The van der Waals surface area contributed by atoms with E-state index in [4.69, 9.17) is 0 Å². The molecule has 1 unspecified atom stereocenters. The van der Waals surface area contributed by atoms with Crippen LogP contribution in [0.3, 0.4) is 0 Å². The lowest BCUT2D eigenvalue weighted by Gasteiger charge is -2.33. The van der Waals surface area contributed by atoms with Crippen LogP contribution in [-0.2, 0) is 10.8 Å². The van der Waals surface area contributed by atoms with Gasteiger partial charge in [0, 0.05) is 10.8 Å². The molecule has 33 heavy (non-hydrogen) atoms. The molecule has 0 radical (unpaired) electrons. The predicted molar refractivity (Wildman–Crippen MR) is 132 cm³/mol. The topological polar surface area (TPSA) is 69.9 Å². The number of rotatable bonds is 6. The second-order valence-corrected chi connectivity index (χ2v) is 9.06. The Morgan fingerprint density at radius 2 is 0.818 bits per heavy atom. The van der Waals surface area contributed by atoms with E-state index in [1.54, 1.807) is 36.4 Å². The standard InChI is InChI=1S/C29H27NO3/c1-28(2,21-10-16-26(31)17-11-21)20-4-6-22(7-5-20)29(3,24-12-18-27(32)19-13-24)23-8-14-25(30-33)15-9-23/h4-19,31-32H,1-3H3. The third kappa shape index (κ3) is 4.12. The summed E-state index contributed by atoms with van der Waals surface area (Å²) in [6.45, 7) is 6.47. The smallest absolute Gasteiger partial charge is 0.115 e. The molecule has 0 heterocycles. The third-order valence-corrected chi connectivity index (χ3v) is 6.77. The molecule has 0 aliphatic rings. The van der Waals surface area contributed by atoms with E-state index >= 15 is 0 Å². The number of benzene rings is 4. The zero-order chi connectivity index (χ0) is 23.6. The van der Waals surface area contributed by atoms with Crippen molar-refractivity contribution in [2.75, 3.05) is 0 Å². The molecular formula is C29H27NO3. The van der Waals surface area contributed by atoms with Crippen molar-refractivity contribution in [2.45, 2.75) is 31.6 Å². The van der Waals surface area contributed by atoms with Crippen molar-refractivity contribution in [1.29, 1.82) is 0 Å². The van der Waals surface area contributed by atoms with Crippen LogP contribution in [0.5, 0.6) is 11.5 Å². The summed E-state index contributed by atoms with van der Waals surface area (Å²) in [4.78, 5) is 10.9. The molecule has 1 atom stereocenters. The highest BCUT2D eigenvalue weighted by atomic mass is 16.3. The summed E-state index contributed by atoms with van der Waals surface area (Å²) >= 11 is 0. The zero-order valence-electron chi connectivity index (χ0n) is 19.0. The zero-order valence-corrected chi connectivity index (χ0v) is 19.0. The fourth-order valence-electron chi connectivity index (χ4n) is 4.42. The molecule has 0 amide bonds. The first-order valence-corrected chi connectivity index (χ1v) is 10.9. The molecule has 0 aromatic heterocycles. The van der Waals surface area contributed by atoms with Gasteiger partial charge in [-0.25, -0.2) is 0 Å². The van der Waals surface area contributed by atoms with Gasteiger partial charge in [-0.1, -0.05) is 74.5 Å². The Hall–Kier alpha value is -3.92. The summed E-state index contributed by atoms with van der Waals surface area (Å²) in [5, 5.41) is 22.5. The number of phenols is 2. The van der Waals surface area contributed by atoms with E-state index in [9.17, 15) is 15.1 Å². The van der Waals surface area contributed by atoms with Crippen molar-refractivity contribution < 1.29 is 10.2 Å². The fourth-order valence-corrected chi connectivity index (χ4v) is 4.42. The molecule has 0 spiro atoms. The Balaban J connectivity index is 1.80. The summed E-state index contributed by atoms with van der Waals surface area (Å²) in [6, 6.07) is 30.4. The van der Waals surface area contributed by atoms with Gasteiger partial charge in [0.15, 0.2) is 0 Å². The van der Waals surface area contributed by atoms with Gasteiger partial charge in [0.2, 0.25) is 0 Å². The van der Waals surface area contributed by atoms with Gasteiger partial charge in [0.1, 0.15) is 17.2 Å². The van der Waals surface area contributed by atoms with Gasteiger partial charge < -0.3 is 10.2 Å². The van der Waals surface area contributed by atoms with Crippen LogP contribution in [0.15, 0.2) is 102 Å². The molecule has 0 aliphatic carbocycles. The first-order valence-electron chi connectivity index (χ1n) is 10.9. The Labute approximate surface area is 194 Å². The number of aromatic hydroxyl groups is 2. The van der Waals surface area contributed by atoms with Crippen LogP contribution in [0.2, 0.25) is 0 Å². The summed E-state index contributed by atoms with van der Waals surface area (Å²) in [6.07, 6.45) is 0. The Morgan fingerprint density at radius 3 is 1.21 bits per heavy atom. The van der Waals surface area contributed by atoms with Gasteiger partial charge in [-0.3, -0.25) is 0 Å². The Bertz CT molecular complexity index is 1240. The van der Waals surface area contributed by atoms with Crippen molar-refractivity contribution in [3.8, 4) is 11.5 Å². The molecule has 4 aromatic rings. The molecule has 0 bridgehead atoms. The van der Waals surface area contributed by atoms with Crippen LogP contribution in [0, 0.1) is 4.91 Å². The molecule has 0 saturated carbocycles. The van der Waals surface area contributed by atoms with Gasteiger partial charge in [-0.2, -0.15) is 0 Å². The lowest BCUT2D eigenvalue weighted by atomic mass is 9.70. The largest absolute Gasteiger partial charge is 0.508 e. The minimum absolute atomic E-state index is 0.215. The number of nitroso groups, excluding NO2 is 1. The normalized spacial score (nSPS) is 13.3. The molecule has 0 saturated heterocycles. The lowest BCUT2D eigenvalue weighted by Crippen LogP contribution is -2.26. The number of hydrogen-bond acceptors (Lipinski definition) is 4. The van der Waals surface area contributed by atoms with E-state index in [1.165, 1.54) is 0 Å².